The molecule has 2 N–H and O–H groups in total. The molecule has 29 heavy (non-hydrogen) atoms. The van der Waals surface area contributed by atoms with Crippen LogP contribution in [0.2, 0.25) is 0 Å². The van der Waals surface area contributed by atoms with E-state index >= 15 is 0 Å². The van der Waals surface area contributed by atoms with Crippen molar-refractivity contribution in [3.05, 3.63) is 35.4 Å². The second-order valence-electron chi connectivity index (χ2n) is 7.99. The molecule has 0 bridgehead atoms. The molecule has 1 aliphatic rings. The summed E-state index contributed by atoms with van der Waals surface area (Å²) in [5, 5.41) is 0. The van der Waals surface area contributed by atoms with Gasteiger partial charge in [-0.15, -0.1) is 0 Å². The number of hydrogen-bond donors (Lipinski definition) is 2. The third-order valence-electron chi connectivity index (χ3n) is 5.55. The number of aryl methyl sites for hydroxylation is 2. The first-order valence-corrected chi connectivity index (χ1v) is 12.5. The highest BCUT2D eigenvalue weighted by atomic mass is 31.2. The Labute approximate surface area is 174 Å². The second-order valence-corrected chi connectivity index (χ2v) is 9.18. The van der Waals surface area contributed by atoms with Crippen LogP contribution in [0.25, 0.3) is 0 Å². The van der Waals surface area contributed by atoms with Crippen molar-refractivity contribution in [2.75, 3.05) is 13.1 Å². The Balaban J connectivity index is 1.51. The first-order chi connectivity index (χ1) is 13.9. The normalized spacial score (nSPS) is 17.5. The van der Waals surface area contributed by atoms with Crippen LogP contribution in [0.15, 0.2) is 24.3 Å². The molecule has 1 unspecified atom stereocenters. The molecule has 164 valence electrons. The van der Waals surface area contributed by atoms with Crippen LogP contribution in [0.4, 0.5) is 0 Å². The van der Waals surface area contributed by atoms with Gasteiger partial charge in [0.2, 0.25) is 5.91 Å². The molecule has 2 rings (SSSR count). The summed E-state index contributed by atoms with van der Waals surface area (Å²) in [6.07, 6.45) is 10.2. The monoisotopic (exact) mass is 425 g/mol. The van der Waals surface area contributed by atoms with Crippen molar-refractivity contribution in [1.29, 1.82) is 0 Å². The number of benzene rings is 1. The molecule has 1 aromatic rings. The lowest BCUT2D eigenvalue weighted by Gasteiger charge is -2.32. The highest BCUT2D eigenvalue weighted by Gasteiger charge is 2.29. The minimum absolute atomic E-state index is 0.0690. The van der Waals surface area contributed by atoms with E-state index in [9.17, 15) is 9.36 Å². The summed E-state index contributed by atoms with van der Waals surface area (Å²) in [5.74, 6) is 0.0690. The molecule has 1 amide bonds. The third-order valence-corrected chi connectivity index (χ3v) is 6.13. The molecule has 0 aliphatic carbocycles. The lowest BCUT2D eigenvalue weighted by atomic mass is 10.0. The summed E-state index contributed by atoms with van der Waals surface area (Å²) < 4.78 is 15.7. The Hall–Kier alpha value is -1.20. The number of unbranched alkanes of at least 4 members (excludes halogenated alkanes) is 5. The van der Waals surface area contributed by atoms with Crippen LogP contribution < -0.4 is 0 Å². The van der Waals surface area contributed by atoms with E-state index in [-0.39, 0.29) is 12.5 Å². The van der Waals surface area contributed by atoms with Gasteiger partial charge in [0.1, 0.15) is 0 Å². The lowest BCUT2D eigenvalue weighted by Crippen LogP contribution is -2.42. The van der Waals surface area contributed by atoms with Gasteiger partial charge in [0.05, 0.1) is 6.10 Å². The molecule has 0 aromatic heterocycles. The molecule has 1 fully saturated rings. The van der Waals surface area contributed by atoms with Gasteiger partial charge >= 0.3 is 7.82 Å². The predicted octanol–water partition coefficient (Wildman–Crippen LogP) is 4.62. The number of carbonyl (C=O) groups is 1. The number of hydrogen-bond acceptors (Lipinski definition) is 3. The SMILES string of the molecule is CCc1ccc(CCCCCCCCC(=O)N2CCCC(OP(=O)(O)O)C2)cc1. The van der Waals surface area contributed by atoms with Gasteiger partial charge in [0, 0.05) is 19.5 Å². The number of phosphoric acid groups is 1. The van der Waals surface area contributed by atoms with E-state index < -0.39 is 13.9 Å². The molecule has 6 nitrogen and oxygen atoms in total. The first-order valence-electron chi connectivity index (χ1n) is 11.0. The molecular formula is C22H36NO5P. The summed E-state index contributed by atoms with van der Waals surface area (Å²) in [5.41, 5.74) is 2.80. The number of likely N-dealkylation sites (tertiary alicyclic amines) is 1. The van der Waals surface area contributed by atoms with Gasteiger partial charge in [0.25, 0.3) is 0 Å². The van der Waals surface area contributed by atoms with Crippen LogP contribution >= 0.6 is 7.82 Å². The Morgan fingerprint density at radius 2 is 1.69 bits per heavy atom. The van der Waals surface area contributed by atoms with E-state index in [0.29, 0.717) is 19.4 Å². The minimum atomic E-state index is -4.49. The number of rotatable bonds is 12. The van der Waals surface area contributed by atoms with Crippen molar-refractivity contribution in [3.8, 4) is 0 Å². The number of phosphoric ester groups is 1. The minimum Gasteiger partial charge on any atom is -0.340 e. The van der Waals surface area contributed by atoms with Gasteiger partial charge in [-0.25, -0.2) is 4.57 Å². The molecule has 0 radical (unpaired) electrons. The van der Waals surface area contributed by atoms with Crippen LogP contribution in [0.1, 0.15) is 75.8 Å². The van der Waals surface area contributed by atoms with Crippen molar-refractivity contribution >= 4 is 13.7 Å². The standard InChI is InChI=1S/C22H36NO5P/c1-2-19-13-15-20(16-14-19)10-7-5-3-4-6-8-12-22(24)23-17-9-11-21(18-23)28-29(25,26)27/h13-16,21H,2-12,17-18H2,1H3,(H2,25,26,27). The molecule has 1 saturated heterocycles. The smallest absolute Gasteiger partial charge is 0.340 e. The Morgan fingerprint density at radius 3 is 2.34 bits per heavy atom. The third kappa shape index (κ3) is 9.90. The number of nitrogens with zero attached hydrogens (tertiary/aromatic N) is 1. The highest BCUT2D eigenvalue weighted by molar-refractivity contribution is 7.46. The zero-order valence-corrected chi connectivity index (χ0v) is 18.5. The van der Waals surface area contributed by atoms with Crippen LogP contribution in [0, 0.1) is 0 Å². The number of carbonyl (C=O) groups excluding carboxylic acids is 1. The maximum absolute atomic E-state index is 12.3. The predicted molar refractivity (Wildman–Crippen MR) is 115 cm³/mol. The maximum atomic E-state index is 12.3. The summed E-state index contributed by atoms with van der Waals surface area (Å²) in [7, 11) is -4.49. The van der Waals surface area contributed by atoms with Gasteiger partial charge in [-0.2, -0.15) is 0 Å². The summed E-state index contributed by atoms with van der Waals surface area (Å²) in [4.78, 5) is 31.9. The first kappa shape index (κ1) is 24.1. The number of amides is 1. The molecule has 0 spiro atoms. The van der Waals surface area contributed by atoms with E-state index in [1.54, 1.807) is 4.90 Å². The molecule has 1 aliphatic heterocycles. The fraction of sp³-hybridized carbons (Fsp3) is 0.682. The summed E-state index contributed by atoms with van der Waals surface area (Å²) in [6, 6.07) is 8.91. The summed E-state index contributed by atoms with van der Waals surface area (Å²) in [6.45, 7) is 3.11. The van der Waals surface area contributed by atoms with Gasteiger partial charge in [0.15, 0.2) is 0 Å². The van der Waals surface area contributed by atoms with E-state index in [4.69, 9.17) is 14.3 Å². The van der Waals surface area contributed by atoms with Gasteiger partial charge in [-0.1, -0.05) is 56.9 Å². The average Bonchev–Trinajstić information content (AvgIpc) is 2.69. The molecular weight excluding hydrogens is 389 g/mol. The van der Waals surface area contributed by atoms with Crippen LogP contribution in [-0.2, 0) is 26.7 Å². The van der Waals surface area contributed by atoms with Crippen LogP contribution in [-0.4, -0.2) is 39.8 Å². The van der Waals surface area contributed by atoms with Crippen molar-refractivity contribution in [2.45, 2.75) is 83.7 Å². The van der Waals surface area contributed by atoms with E-state index in [2.05, 4.69) is 31.2 Å². The lowest BCUT2D eigenvalue weighted by molar-refractivity contribution is -0.134. The van der Waals surface area contributed by atoms with Crippen LogP contribution in [0.5, 0.6) is 0 Å². The van der Waals surface area contributed by atoms with Crippen molar-refractivity contribution in [2.24, 2.45) is 0 Å². The second kappa shape index (κ2) is 12.5. The van der Waals surface area contributed by atoms with Crippen LogP contribution in [0.3, 0.4) is 0 Å². The Bertz CT molecular complexity index is 658. The zero-order valence-electron chi connectivity index (χ0n) is 17.6. The van der Waals surface area contributed by atoms with Crippen molar-refractivity contribution in [3.63, 3.8) is 0 Å². The molecule has 1 heterocycles. The molecule has 7 heteroatoms. The number of piperidine rings is 1. The summed E-state index contributed by atoms with van der Waals surface area (Å²) >= 11 is 0. The van der Waals surface area contributed by atoms with Crippen molar-refractivity contribution < 1.29 is 23.7 Å². The van der Waals surface area contributed by atoms with Crippen molar-refractivity contribution in [1.82, 2.24) is 4.90 Å². The average molecular weight is 426 g/mol. The Morgan fingerprint density at radius 1 is 1.07 bits per heavy atom. The molecule has 1 atom stereocenters. The largest absolute Gasteiger partial charge is 0.469 e. The van der Waals surface area contributed by atoms with E-state index in [1.165, 1.54) is 30.4 Å². The topological polar surface area (TPSA) is 87.1 Å². The quantitative estimate of drug-likeness (QED) is 0.377. The highest BCUT2D eigenvalue weighted by Crippen LogP contribution is 2.39. The van der Waals surface area contributed by atoms with Gasteiger partial charge in [-0.05, 0) is 49.7 Å². The molecule has 0 saturated carbocycles. The fourth-order valence-corrected chi connectivity index (χ4v) is 4.42. The van der Waals surface area contributed by atoms with E-state index in [0.717, 1.165) is 38.5 Å². The maximum Gasteiger partial charge on any atom is 0.469 e. The van der Waals surface area contributed by atoms with Gasteiger partial charge < -0.3 is 14.7 Å². The Kier molecular flexibility index (Phi) is 10.4. The molecule has 1 aromatic carbocycles. The van der Waals surface area contributed by atoms with E-state index in [1.807, 2.05) is 0 Å². The fourth-order valence-electron chi connectivity index (χ4n) is 3.86. The zero-order chi connectivity index (χ0) is 21.1. The van der Waals surface area contributed by atoms with Gasteiger partial charge in [-0.3, -0.25) is 9.32 Å².